The molecule has 0 saturated heterocycles. The normalized spacial score (nSPS) is 15.1. The van der Waals surface area contributed by atoms with Crippen LogP contribution in [0, 0.1) is 0 Å². The number of rotatable bonds is 6. The molecule has 0 aromatic carbocycles. The average molecular weight is 268 g/mol. The van der Waals surface area contributed by atoms with Gasteiger partial charge in [0.1, 0.15) is 0 Å². The van der Waals surface area contributed by atoms with Gasteiger partial charge in [-0.3, -0.25) is 14.5 Å². The summed E-state index contributed by atoms with van der Waals surface area (Å²) in [7, 11) is 3.10. The zero-order chi connectivity index (χ0) is 14.3. The molecule has 1 aliphatic rings. The van der Waals surface area contributed by atoms with Crippen LogP contribution >= 0.6 is 0 Å². The molecule has 0 radical (unpaired) electrons. The van der Waals surface area contributed by atoms with Crippen molar-refractivity contribution >= 4 is 11.9 Å². The van der Waals surface area contributed by atoms with Crippen LogP contribution < -0.4 is 0 Å². The predicted octanol–water partition coefficient (Wildman–Crippen LogP) is 1.40. The smallest absolute Gasteiger partial charge is 0.319 e. The van der Waals surface area contributed by atoms with Gasteiger partial charge in [0.2, 0.25) is 5.91 Å². The molecule has 0 spiro atoms. The molecule has 1 aliphatic carbocycles. The molecule has 0 aliphatic heterocycles. The summed E-state index contributed by atoms with van der Waals surface area (Å²) in [5.41, 5.74) is 1.13. The Kier molecular flexibility index (Phi) is 6.56. The molecule has 5 nitrogen and oxygen atoms in total. The summed E-state index contributed by atoms with van der Waals surface area (Å²) in [4.78, 5) is 26.9. The Hall–Kier alpha value is -1.36. The van der Waals surface area contributed by atoms with E-state index in [2.05, 4.69) is 10.8 Å². The number of carbonyl (C=O) groups is 2. The fourth-order valence-corrected chi connectivity index (χ4v) is 2.26. The predicted molar refractivity (Wildman–Crippen MR) is 73.5 cm³/mol. The third-order valence-electron chi connectivity index (χ3n) is 3.26. The Labute approximate surface area is 115 Å². The largest absolute Gasteiger partial charge is 0.468 e. The van der Waals surface area contributed by atoms with Crippen molar-refractivity contribution in [1.29, 1.82) is 0 Å². The van der Waals surface area contributed by atoms with Gasteiger partial charge in [0.05, 0.1) is 20.2 Å². The first kappa shape index (κ1) is 15.7. The van der Waals surface area contributed by atoms with Crippen LogP contribution in [0.4, 0.5) is 0 Å². The maximum atomic E-state index is 12.2. The summed E-state index contributed by atoms with van der Waals surface area (Å²) in [5.74, 6) is -0.280. The Morgan fingerprint density at radius 3 is 2.58 bits per heavy atom. The van der Waals surface area contributed by atoms with E-state index in [0.29, 0.717) is 6.54 Å². The van der Waals surface area contributed by atoms with Crippen molar-refractivity contribution < 1.29 is 14.3 Å². The highest BCUT2D eigenvalue weighted by Crippen LogP contribution is 2.20. The number of ether oxygens (including phenoxy) is 1. The van der Waals surface area contributed by atoms with Gasteiger partial charge in [0, 0.05) is 12.2 Å². The van der Waals surface area contributed by atoms with Crippen LogP contribution in [0.2, 0.25) is 0 Å². The molecule has 5 heteroatoms. The van der Waals surface area contributed by atoms with Gasteiger partial charge in [-0.2, -0.15) is 0 Å². The molecule has 0 atom stereocenters. The standard InChI is InChI=1S/C14H24N2O3/c1-4-16(12-8-6-5-7-9-12)13(17)10-15(2)11-14(18)19-3/h8H,4-7,9-11H2,1-3H3. The van der Waals surface area contributed by atoms with Crippen LogP contribution in [-0.2, 0) is 14.3 Å². The van der Waals surface area contributed by atoms with Crippen LogP contribution in [0.3, 0.4) is 0 Å². The molecular weight excluding hydrogens is 244 g/mol. The summed E-state index contributed by atoms with van der Waals surface area (Å²) in [6.07, 6.45) is 6.54. The lowest BCUT2D eigenvalue weighted by molar-refractivity contribution is -0.142. The van der Waals surface area contributed by atoms with E-state index in [1.807, 2.05) is 11.8 Å². The molecule has 0 heterocycles. The second kappa shape index (κ2) is 7.94. The number of esters is 1. The number of likely N-dealkylation sites (N-methyl/N-ethyl adjacent to an activating group) is 2. The molecule has 0 aromatic heterocycles. The van der Waals surface area contributed by atoms with Crippen LogP contribution in [-0.4, -0.2) is 55.5 Å². The zero-order valence-electron chi connectivity index (χ0n) is 12.1. The third kappa shape index (κ3) is 5.03. The lowest BCUT2D eigenvalue weighted by Gasteiger charge is -2.28. The molecule has 19 heavy (non-hydrogen) atoms. The van der Waals surface area contributed by atoms with Gasteiger partial charge < -0.3 is 9.64 Å². The maximum absolute atomic E-state index is 12.2. The zero-order valence-corrected chi connectivity index (χ0v) is 12.1. The summed E-state index contributed by atoms with van der Waals surface area (Å²) >= 11 is 0. The minimum Gasteiger partial charge on any atom is -0.468 e. The van der Waals surface area contributed by atoms with Crippen LogP contribution in [0.5, 0.6) is 0 Å². The van der Waals surface area contributed by atoms with Crippen molar-refractivity contribution in [2.45, 2.75) is 32.6 Å². The van der Waals surface area contributed by atoms with Crippen molar-refractivity contribution in [2.24, 2.45) is 0 Å². The van der Waals surface area contributed by atoms with E-state index in [1.165, 1.54) is 13.5 Å². The molecule has 0 bridgehead atoms. The third-order valence-corrected chi connectivity index (χ3v) is 3.26. The number of nitrogens with zero attached hydrogens (tertiary/aromatic N) is 2. The fourth-order valence-electron chi connectivity index (χ4n) is 2.26. The highest BCUT2D eigenvalue weighted by molar-refractivity contribution is 5.81. The topological polar surface area (TPSA) is 49.9 Å². The Bertz CT molecular complexity index is 353. The molecular formula is C14H24N2O3. The van der Waals surface area contributed by atoms with Gasteiger partial charge in [-0.15, -0.1) is 0 Å². The molecule has 0 aromatic rings. The number of methoxy groups -OCH3 is 1. The first-order valence-corrected chi connectivity index (χ1v) is 6.83. The lowest BCUT2D eigenvalue weighted by Crippen LogP contribution is -2.40. The number of hydrogen-bond donors (Lipinski definition) is 0. The quantitative estimate of drug-likeness (QED) is 0.683. The van der Waals surface area contributed by atoms with E-state index < -0.39 is 0 Å². The number of hydrogen-bond acceptors (Lipinski definition) is 4. The van der Waals surface area contributed by atoms with Crippen molar-refractivity contribution in [3.05, 3.63) is 11.8 Å². The molecule has 1 rings (SSSR count). The van der Waals surface area contributed by atoms with Crippen molar-refractivity contribution in [3.63, 3.8) is 0 Å². The molecule has 0 fully saturated rings. The average Bonchev–Trinajstić information content (AvgIpc) is 2.40. The highest BCUT2D eigenvalue weighted by Gasteiger charge is 2.19. The van der Waals surface area contributed by atoms with E-state index in [1.54, 1.807) is 11.9 Å². The lowest BCUT2D eigenvalue weighted by atomic mass is 10.0. The Morgan fingerprint density at radius 2 is 2.05 bits per heavy atom. The SMILES string of the molecule is CCN(C(=O)CN(C)CC(=O)OC)C1=CCCCC1. The Morgan fingerprint density at radius 1 is 1.32 bits per heavy atom. The van der Waals surface area contributed by atoms with E-state index in [4.69, 9.17) is 0 Å². The fraction of sp³-hybridized carbons (Fsp3) is 0.714. The Balaban J connectivity index is 2.54. The van der Waals surface area contributed by atoms with E-state index in [9.17, 15) is 9.59 Å². The molecule has 1 amide bonds. The summed E-state index contributed by atoms with van der Waals surface area (Å²) < 4.78 is 4.59. The minimum atomic E-state index is -0.324. The van der Waals surface area contributed by atoms with Crippen molar-refractivity contribution in [1.82, 2.24) is 9.80 Å². The minimum absolute atomic E-state index is 0.0436. The van der Waals surface area contributed by atoms with Gasteiger partial charge in [0.25, 0.3) is 0 Å². The first-order valence-electron chi connectivity index (χ1n) is 6.83. The van der Waals surface area contributed by atoms with Crippen molar-refractivity contribution in [2.75, 3.05) is 33.8 Å². The van der Waals surface area contributed by atoms with E-state index in [0.717, 1.165) is 25.0 Å². The van der Waals surface area contributed by atoms with Crippen LogP contribution in [0.1, 0.15) is 32.6 Å². The van der Waals surface area contributed by atoms with Gasteiger partial charge in [-0.05, 0) is 39.7 Å². The summed E-state index contributed by atoms with van der Waals surface area (Å²) in [6.45, 7) is 3.03. The molecule has 108 valence electrons. The number of carbonyl (C=O) groups excluding carboxylic acids is 2. The molecule has 0 saturated carbocycles. The van der Waals surface area contributed by atoms with Crippen LogP contribution in [0.15, 0.2) is 11.8 Å². The number of amides is 1. The van der Waals surface area contributed by atoms with Gasteiger partial charge in [-0.1, -0.05) is 6.08 Å². The monoisotopic (exact) mass is 268 g/mol. The van der Waals surface area contributed by atoms with Gasteiger partial charge in [-0.25, -0.2) is 0 Å². The van der Waals surface area contributed by atoms with Crippen molar-refractivity contribution in [3.8, 4) is 0 Å². The van der Waals surface area contributed by atoms with E-state index in [-0.39, 0.29) is 25.0 Å². The first-order chi connectivity index (χ1) is 9.08. The van der Waals surface area contributed by atoms with Crippen LogP contribution in [0.25, 0.3) is 0 Å². The number of allylic oxidation sites excluding steroid dienone is 2. The maximum Gasteiger partial charge on any atom is 0.319 e. The molecule has 0 unspecified atom stereocenters. The highest BCUT2D eigenvalue weighted by atomic mass is 16.5. The van der Waals surface area contributed by atoms with E-state index >= 15 is 0 Å². The second-order valence-electron chi connectivity index (χ2n) is 4.83. The summed E-state index contributed by atoms with van der Waals surface area (Å²) in [5, 5.41) is 0. The summed E-state index contributed by atoms with van der Waals surface area (Å²) in [6, 6.07) is 0. The second-order valence-corrected chi connectivity index (χ2v) is 4.83. The molecule has 0 N–H and O–H groups in total. The van der Waals surface area contributed by atoms with Gasteiger partial charge in [0.15, 0.2) is 0 Å². The van der Waals surface area contributed by atoms with Gasteiger partial charge >= 0.3 is 5.97 Å².